The highest BCUT2D eigenvalue weighted by Gasteiger charge is 2.28. The number of nitrogens with one attached hydrogen (secondary N) is 2. The van der Waals surface area contributed by atoms with Gasteiger partial charge in [0.05, 0.1) is 24.7 Å². The van der Waals surface area contributed by atoms with Crippen LogP contribution in [0.15, 0.2) is 29.2 Å². The molecule has 0 spiro atoms. The summed E-state index contributed by atoms with van der Waals surface area (Å²) < 4.78 is 32.6. The Labute approximate surface area is 160 Å². The number of carbonyl (C=O) groups excluding carboxylic acids is 1. The van der Waals surface area contributed by atoms with Crippen molar-refractivity contribution in [1.29, 1.82) is 0 Å². The van der Waals surface area contributed by atoms with Gasteiger partial charge in [-0.05, 0) is 18.6 Å². The lowest BCUT2D eigenvalue weighted by Crippen LogP contribution is -2.52. The number of nitrogens with zero attached hydrogens (tertiary/aromatic N) is 2. The highest BCUT2D eigenvalue weighted by atomic mass is 32.2. The first-order chi connectivity index (χ1) is 13.0. The molecule has 2 heterocycles. The van der Waals surface area contributed by atoms with Crippen molar-refractivity contribution in [3.8, 4) is 0 Å². The number of piperazine rings is 1. The van der Waals surface area contributed by atoms with Crippen LogP contribution >= 0.6 is 0 Å². The second-order valence-electron chi connectivity index (χ2n) is 6.92. The number of hydrogen-bond donors (Lipinski definition) is 2. The zero-order valence-electron chi connectivity index (χ0n) is 15.7. The lowest BCUT2D eigenvalue weighted by atomic mass is 10.2. The van der Waals surface area contributed by atoms with Crippen molar-refractivity contribution in [2.75, 3.05) is 52.5 Å². The molecule has 150 valence electrons. The van der Waals surface area contributed by atoms with Gasteiger partial charge < -0.3 is 15.4 Å². The fourth-order valence-corrected chi connectivity index (χ4v) is 5.01. The van der Waals surface area contributed by atoms with Crippen LogP contribution in [-0.2, 0) is 26.1 Å². The molecular weight excluding hydrogens is 368 g/mol. The zero-order valence-corrected chi connectivity index (χ0v) is 16.5. The molecule has 0 aromatic heterocycles. The van der Waals surface area contributed by atoms with Gasteiger partial charge in [0.2, 0.25) is 15.9 Å². The van der Waals surface area contributed by atoms with E-state index in [1.807, 2.05) is 0 Å². The van der Waals surface area contributed by atoms with E-state index in [1.165, 1.54) is 4.31 Å². The maximum Gasteiger partial charge on any atom is 0.243 e. The average molecular weight is 397 g/mol. The van der Waals surface area contributed by atoms with Gasteiger partial charge in [-0.25, -0.2) is 8.42 Å². The fraction of sp³-hybridized carbons (Fsp3) is 0.611. The van der Waals surface area contributed by atoms with Crippen LogP contribution in [0.1, 0.15) is 12.5 Å². The maximum absolute atomic E-state index is 13.0. The summed E-state index contributed by atoms with van der Waals surface area (Å²) in [4.78, 5) is 14.7. The Morgan fingerprint density at radius 2 is 2.00 bits per heavy atom. The standard InChI is InChI=1S/C18H28N4O4S/c1-15-12-19-6-7-21(15)14-18(23)20-13-16-4-2-3-5-17(16)27(24,25)22-8-10-26-11-9-22/h2-5,15,19H,6-14H2,1H3,(H,20,23)/t15-/m1/s1. The number of hydrogen-bond acceptors (Lipinski definition) is 6. The van der Waals surface area contributed by atoms with E-state index in [1.54, 1.807) is 24.3 Å². The smallest absolute Gasteiger partial charge is 0.243 e. The molecule has 27 heavy (non-hydrogen) atoms. The number of rotatable bonds is 6. The first-order valence-corrected chi connectivity index (χ1v) is 10.8. The van der Waals surface area contributed by atoms with E-state index >= 15 is 0 Å². The Morgan fingerprint density at radius 1 is 1.26 bits per heavy atom. The summed E-state index contributed by atoms with van der Waals surface area (Å²) in [5.41, 5.74) is 0.603. The van der Waals surface area contributed by atoms with Gasteiger partial charge in [-0.2, -0.15) is 4.31 Å². The SMILES string of the molecule is C[C@@H]1CNCCN1CC(=O)NCc1ccccc1S(=O)(=O)N1CCOCC1. The van der Waals surface area contributed by atoms with Crippen molar-refractivity contribution in [2.24, 2.45) is 0 Å². The van der Waals surface area contributed by atoms with Crippen molar-refractivity contribution in [1.82, 2.24) is 19.8 Å². The topological polar surface area (TPSA) is 91.0 Å². The molecule has 2 aliphatic heterocycles. The predicted octanol–water partition coefficient (Wildman–Crippen LogP) is -0.383. The molecule has 9 heteroatoms. The van der Waals surface area contributed by atoms with Crippen molar-refractivity contribution in [3.63, 3.8) is 0 Å². The molecule has 2 N–H and O–H groups in total. The molecule has 0 bridgehead atoms. The highest BCUT2D eigenvalue weighted by molar-refractivity contribution is 7.89. The third-order valence-electron chi connectivity index (χ3n) is 5.02. The molecule has 1 aromatic rings. The van der Waals surface area contributed by atoms with Gasteiger partial charge in [0.15, 0.2) is 0 Å². The summed E-state index contributed by atoms with van der Waals surface area (Å²) in [5.74, 6) is -0.0951. The van der Waals surface area contributed by atoms with Crippen LogP contribution in [0.25, 0.3) is 0 Å². The molecule has 8 nitrogen and oxygen atoms in total. The minimum Gasteiger partial charge on any atom is -0.379 e. The minimum atomic E-state index is -3.59. The van der Waals surface area contributed by atoms with E-state index in [0.29, 0.717) is 44.5 Å². The second-order valence-corrected chi connectivity index (χ2v) is 8.83. The van der Waals surface area contributed by atoms with Crippen LogP contribution in [0.3, 0.4) is 0 Å². The lowest BCUT2D eigenvalue weighted by molar-refractivity contribution is -0.123. The predicted molar refractivity (Wildman–Crippen MR) is 102 cm³/mol. The van der Waals surface area contributed by atoms with E-state index in [2.05, 4.69) is 22.5 Å². The largest absolute Gasteiger partial charge is 0.379 e. The third kappa shape index (κ3) is 5.05. The molecule has 1 aromatic carbocycles. The Hall–Kier alpha value is -1.52. The van der Waals surface area contributed by atoms with Gasteiger partial charge in [0.25, 0.3) is 0 Å². The highest BCUT2D eigenvalue weighted by Crippen LogP contribution is 2.21. The molecule has 1 atom stereocenters. The van der Waals surface area contributed by atoms with E-state index in [-0.39, 0.29) is 17.3 Å². The van der Waals surface area contributed by atoms with Gasteiger partial charge in [-0.3, -0.25) is 9.69 Å². The summed E-state index contributed by atoms with van der Waals surface area (Å²) in [6.45, 7) is 6.68. The number of ether oxygens (including phenoxy) is 1. The molecular formula is C18H28N4O4S. The second kappa shape index (κ2) is 9.11. The normalized spacial score (nSPS) is 22.5. The summed E-state index contributed by atoms with van der Waals surface area (Å²) in [6.07, 6.45) is 0. The van der Waals surface area contributed by atoms with Gasteiger partial charge >= 0.3 is 0 Å². The maximum atomic E-state index is 13.0. The average Bonchev–Trinajstić information content (AvgIpc) is 2.69. The molecule has 0 aliphatic carbocycles. The first-order valence-electron chi connectivity index (χ1n) is 9.36. The fourth-order valence-electron chi connectivity index (χ4n) is 3.38. The van der Waals surface area contributed by atoms with Crippen LogP contribution in [-0.4, -0.2) is 82.1 Å². The number of morpholine rings is 1. The minimum absolute atomic E-state index is 0.0951. The van der Waals surface area contributed by atoms with Gasteiger partial charge in [0.1, 0.15) is 0 Å². The summed E-state index contributed by atoms with van der Waals surface area (Å²) >= 11 is 0. The molecule has 0 saturated carbocycles. The molecule has 2 aliphatic rings. The monoisotopic (exact) mass is 396 g/mol. The molecule has 0 unspecified atom stereocenters. The van der Waals surface area contributed by atoms with Crippen LogP contribution in [0.2, 0.25) is 0 Å². The summed E-state index contributed by atoms with van der Waals surface area (Å²) in [6, 6.07) is 7.16. The zero-order chi connectivity index (χ0) is 19.3. The van der Waals surface area contributed by atoms with E-state index in [0.717, 1.165) is 19.6 Å². The molecule has 3 rings (SSSR count). The Balaban J connectivity index is 1.64. The van der Waals surface area contributed by atoms with Crippen molar-refractivity contribution < 1.29 is 17.9 Å². The van der Waals surface area contributed by atoms with Gasteiger partial charge in [-0.1, -0.05) is 18.2 Å². The lowest BCUT2D eigenvalue weighted by Gasteiger charge is -2.33. The van der Waals surface area contributed by atoms with Crippen molar-refractivity contribution >= 4 is 15.9 Å². The van der Waals surface area contributed by atoms with E-state index in [9.17, 15) is 13.2 Å². The van der Waals surface area contributed by atoms with Crippen LogP contribution in [0.4, 0.5) is 0 Å². The Bertz CT molecular complexity index is 749. The van der Waals surface area contributed by atoms with Crippen LogP contribution in [0, 0.1) is 0 Å². The summed E-state index contributed by atoms with van der Waals surface area (Å²) in [5, 5.41) is 6.17. The van der Waals surface area contributed by atoms with Crippen molar-refractivity contribution in [3.05, 3.63) is 29.8 Å². The number of carbonyl (C=O) groups is 1. The molecule has 1 amide bonds. The number of amides is 1. The van der Waals surface area contributed by atoms with Crippen molar-refractivity contribution in [2.45, 2.75) is 24.4 Å². The number of sulfonamides is 1. The van der Waals surface area contributed by atoms with Crippen LogP contribution < -0.4 is 10.6 Å². The molecule has 2 saturated heterocycles. The Kier molecular flexibility index (Phi) is 6.83. The van der Waals surface area contributed by atoms with E-state index < -0.39 is 10.0 Å². The first kappa shape index (κ1) is 20.2. The van der Waals surface area contributed by atoms with Gasteiger partial charge in [-0.15, -0.1) is 0 Å². The van der Waals surface area contributed by atoms with Gasteiger partial charge in [0, 0.05) is 45.3 Å². The molecule has 2 fully saturated rings. The third-order valence-corrected chi connectivity index (χ3v) is 7.02. The quantitative estimate of drug-likeness (QED) is 0.681. The summed E-state index contributed by atoms with van der Waals surface area (Å²) in [7, 11) is -3.59. The molecule has 0 radical (unpaired) electrons. The Morgan fingerprint density at radius 3 is 2.74 bits per heavy atom. The van der Waals surface area contributed by atoms with E-state index in [4.69, 9.17) is 4.74 Å². The number of benzene rings is 1. The van der Waals surface area contributed by atoms with Crippen LogP contribution in [0.5, 0.6) is 0 Å².